The van der Waals surface area contributed by atoms with Crippen molar-refractivity contribution in [3.8, 4) is 28.6 Å². The highest BCUT2D eigenvalue weighted by Gasteiger charge is 2.14. The van der Waals surface area contributed by atoms with Crippen molar-refractivity contribution in [2.45, 2.75) is 13.2 Å². The molecule has 0 radical (unpaired) electrons. The van der Waals surface area contributed by atoms with Crippen molar-refractivity contribution in [1.29, 1.82) is 0 Å². The molecule has 8 heteroatoms. The van der Waals surface area contributed by atoms with Gasteiger partial charge in [-0.15, -0.1) is 0 Å². The lowest BCUT2D eigenvalue weighted by atomic mass is 10.1. The molecule has 0 bridgehead atoms. The number of aromatic nitrogens is 1. The van der Waals surface area contributed by atoms with Gasteiger partial charge in [0.1, 0.15) is 18.2 Å². The molecule has 0 unspecified atom stereocenters. The summed E-state index contributed by atoms with van der Waals surface area (Å²) in [6, 6.07) is 20.5. The molecule has 7 nitrogen and oxygen atoms in total. The molecule has 0 spiro atoms. The second kappa shape index (κ2) is 10.5. The summed E-state index contributed by atoms with van der Waals surface area (Å²) in [6.07, 6.45) is 0. The molecule has 1 amide bonds. The summed E-state index contributed by atoms with van der Waals surface area (Å²) in [5.74, 6) is 1.45. The fraction of sp³-hybridized carbons (Fsp3) is 0.154. The first-order valence-electron chi connectivity index (χ1n) is 10.5. The van der Waals surface area contributed by atoms with Crippen LogP contribution in [0.5, 0.6) is 17.2 Å². The van der Waals surface area contributed by atoms with Gasteiger partial charge in [0, 0.05) is 23.7 Å². The van der Waals surface area contributed by atoms with Crippen LogP contribution in [0.3, 0.4) is 0 Å². The molecule has 4 rings (SSSR count). The summed E-state index contributed by atoms with van der Waals surface area (Å²) in [6.45, 7) is 0.315. The molecule has 0 aliphatic carbocycles. The molecule has 0 saturated carbocycles. The number of hydrogen-bond donors (Lipinski definition) is 1. The van der Waals surface area contributed by atoms with Crippen LogP contribution < -0.4 is 19.5 Å². The van der Waals surface area contributed by atoms with Crippen LogP contribution in [0.15, 0.2) is 77.3 Å². The first-order chi connectivity index (χ1) is 16.6. The molecule has 1 N–H and O–H groups in total. The smallest absolute Gasteiger partial charge is 0.273 e. The minimum absolute atomic E-state index is 0.0712. The number of carbonyl (C=O) groups excluding carboxylic acids is 1. The van der Waals surface area contributed by atoms with Gasteiger partial charge in [-0.1, -0.05) is 29.4 Å². The van der Waals surface area contributed by atoms with Gasteiger partial charge < -0.3 is 24.1 Å². The number of hydrogen-bond acceptors (Lipinski definition) is 6. The number of halogens is 1. The Hall–Kier alpha value is -4.33. The number of methoxy groups -OCH3 is 2. The third-order valence-electron chi connectivity index (χ3n) is 5.14. The fourth-order valence-corrected chi connectivity index (χ4v) is 3.26. The monoisotopic (exact) mass is 462 g/mol. The van der Waals surface area contributed by atoms with Gasteiger partial charge in [0.05, 0.1) is 14.2 Å². The van der Waals surface area contributed by atoms with E-state index in [4.69, 9.17) is 18.7 Å². The lowest BCUT2D eigenvalue weighted by Crippen LogP contribution is -2.23. The first-order valence-corrected chi connectivity index (χ1v) is 10.5. The first kappa shape index (κ1) is 22.8. The predicted molar refractivity (Wildman–Crippen MR) is 123 cm³/mol. The zero-order chi connectivity index (χ0) is 23.9. The van der Waals surface area contributed by atoms with E-state index in [1.807, 2.05) is 12.1 Å². The number of ether oxygens (including phenoxy) is 3. The molecule has 0 atom stereocenters. The minimum atomic E-state index is -0.373. The van der Waals surface area contributed by atoms with Crippen LogP contribution in [-0.4, -0.2) is 25.3 Å². The Morgan fingerprint density at radius 3 is 2.50 bits per heavy atom. The van der Waals surface area contributed by atoms with Crippen molar-refractivity contribution in [2.75, 3.05) is 14.2 Å². The van der Waals surface area contributed by atoms with Crippen molar-refractivity contribution in [3.63, 3.8) is 0 Å². The molecule has 0 fully saturated rings. The summed E-state index contributed by atoms with van der Waals surface area (Å²) in [5.41, 5.74) is 2.19. The van der Waals surface area contributed by atoms with Crippen LogP contribution in [0.25, 0.3) is 11.3 Å². The van der Waals surface area contributed by atoms with Crippen molar-refractivity contribution in [3.05, 3.63) is 95.4 Å². The van der Waals surface area contributed by atoms with Crippen LogP contribution in [0, 0.1) is 5.82 Å². The lowest BCUT2D eigenvalue weighted by Gasteiger charge is -2.13. The molecule has 1 heterocycles. The summed E-state index contributed by atoms with van der Waals surface area (Å²) in [5, 5.41) is 6.67. The van der Waals surface area contributed by atoms with Gasteiger partial charge >= 0.3 is 0 Å². The molecule has 0 aliphatic heterocycles. The average molecular weight is 462 g/mol. The van der Waals surface area contributed by atoms with Crippen molar-refractivity contribution >= 4 is 5.91 Å². The van der Waals surface area contributed by atoms with E-state index in [1.54, 1.807) is 61.7 Å². The molecule has 0 saturated heterocycles. The summed E-state index contributed by atoms with van der Waals surface area (Å²) < 4.78 is 35.4. The number of amides is 1. The second-order valence-electron chi connectivity index (χ2n) is 7.35. The number of rotatable bonds is 9. The number of nitrogens with one attached hydrogen (secondary N) is 1. The van der Waals surface area contributed by atoms with E-state index in [0.29, 0.717) is 22.8 Å². The Morgan fingerprint density at radius 2 is 1.76 bits per heavy atom. The molecule has 34 heavy (non-hydrogen) atoms. The van der Waals surface area contributed by atoms with Crippen LogP contribution in [0.4, 0.5) is 4.39 Å². The quantitative estimate of drug-likeness (QED) is 0.377. The van der Waals surface area contributed by atoms with Crippen molar-refractivity contribution < 1.29 is 27.9 Å². The van der Waals surface area contributed by atoms with Crippen LogP contribution in [0.2, 0.25) is 0 Å². The molecule has 174 valence electrons. The van der Waals surface area contributed by atoms with Gasteiger partial charge in [-0.3, -0.25) is 4.79 Å². The number of benzene rings is 3. The Bertz CT molecular complexity index is 1270. The van der Waals surface area contributed by atoms with Crippen molar-refractivity contribution in [2.24, 2.45) is 0 Å². The van der Waals surface area contributed by atoms with E-state index in [-0.39, 0.29) is 30.6 Å². The Balaban J connectivity index is 1.37. The predicted octanol–water partition coefficient (Wildman–Crippen LogP) is 5.01. The third kappa shape index (κ3) is 5.35. The third-order valence-corrected chi connectivity index (χ3v) is 5.14. The van der Waals surface area contributed by atoms with E-state index in [1.165, 1.54) is 13.2 Å². The van der Waals surface area contributed by atoms with E-state index >= 15 is 0 Å². The topological polar surface area (TPSA) is 82.8 Å². The zero-order valence-corrected chi connectivity index (χ0v) is 18.7. The molecule has 0 aliphatic rings. The number of nitrogens with zero attached hydrogens (tertiary/aromatic N) is 1. The number of carbonyl (C=O) groups is 1. The van der Waals surface area contributed by atoms with Gasteiger partial charge in [-0.05, 0) is 48.0 Å². The molecule has 3 aromatic carbocycles. The van der Waals surface area contributed by atoms with Crippen LogP contribution in [-0.2, 0) is 13.2 Å². The van der Waals surface area contributed by atoms with E-state index in [0.717, 1.165) is 16.9 Å². The maximum Gasteiger partial charge on any atom is 0.273 e. The Kier molecular flexibility index (Phi) is 7.07. The van der Waals surface area contributed by atoms with Crippen molar-refractivity contribution in [1.82, 2.24) is 10.5 Å². The Morgan fingerprint density at radius 1 is 0.971 bits per heavy atom. The maximum atomic E-state index is 13.8. The summed E-state index contributed by atoms with van der Waals surface area (Å²) in [7, 11) is 3.11. The highest BCUT2D eigenvalue weighted by molar-refractivity contribution is 5.93. The van der Waals surface area contributed by atoms with E-state index in [2.05, 4.69) is 10.5 Å². The average Bonchev–Trinajstić information content (AvgIpc) is 3.37. The van der Waals surface area contributed by atoms with E-state index in [9.17, 15) is 9.18 Å². The van der Waals surface area contributed by atoms with Gasteiger partial charge in [0.2, 0.25) is 0 Å². The largest absolute Gasteiger partial charge is 0.497 e. The molecular weight excluding hydrogens is 439 g/mol. The fourth-order valence-electron chi connectivity index (χ4n) is 3.26. The summed E-state index contributed by atoms with van der Waals surface area (Å²) in [4.78, 5) is 12.5. The van der Waals surface area contributed by atoms with Gasteiger partial charge in [-0.25, -0.2) is 4.39 Å². The highest BCUT2D eigenvalue weighted by atomic mass is 19.1. The zero-order valence-electron chi connectivity index (χ0n) is 18.7. The molecule has 1 aromatic heterocycles. The SMILES string of the molecule is COc1ccc(-c2cc(C(=O)NCc3ccc(OCc4ccccc4F)c(OC)c3)no2)cc1. The normalized spacial score (nSPS) is 10.6. The maximum absolute atomic E-state index is 13.8. The Labute approximate surface area is 196 Å². The lowest BCUT2D eigenvalue weighted by molar-refractivity contribution is 0.0942. The standard InChI is InChI=1S/C26H23FN2O5/c1-31-20-10-8-18(9-11-20)24-14-22(29-34-24)26(30)28-15-17-7-12-23(25(13-17)32-2)33-16-19-5-3-4-6-21(19)27/h3-14H,15-16H2,1-2H3,(H,28,30). The summed E-state index contributed by atoms with van der Waals surface area (Å²) >= 11 is 0. The van der Waals surface area contributed by atoms with Gasteiger partial charge in [0.25, 0.3) is 5.91 Å². The van der Waals surface area contributed by atoms with Gasteiger partial charge in [0.15, 0.2) is 23.0 Å². The molecule has 4 aromatic rings. The van der Waals surface area contributed by atoms with Crippen LogP contribution >= 0.6 is 0 Å². The van der Waals surface area contributed by atoms with Gasteiger partial charge in [-0.2, -0.15) is 0 Å². The van der Waals surface area contributed by atoms with E-state index < -0.39 is 0 Å². The molecular formula is C26H23FN2O5. The minimum Gasteiger partial charge on any atom is -0.497 e. The second-order valence-corrected chi connectivity index (χ2v) is 7.35. The highest BCUT2D eigenvalue weighted by Crippen LogP contribution is 2.29. The van der Waals surface area contributed by atoms with Crippen LogP contribution in [0.1, 0.15) is 21.6 Å².